The van der Waals surface area contributed by atoms with Crippen molar-refractivity contribution in [1.29, 1.82) is 0 Å². The van der Waals surface area contributed by atoms with Crippen molar-refractivity contribution in [2.75, 3.05) is 36.4 Å². The third-order valence-corrected chi connectivity index (χ3v) is 6.04. The summed E-state index contributed by atoms with van der Waals surface area (Å²) in [6.45, 7) is 2.44. The monoisotopic (exact) mass is 470 g/mol. The van der Waals surface area contributed by atoms with E-state index >= 15 is 0 Å². The lowest BCUT2D eigenvalue weighted by Crippen LogP contribution is -2.48. The first-order valence-electron chi connectivity index (χ1n) is 11.2. The molecule has 4 aromatic rings. The summed E-state index contributed by atoms with van der Waals surface area (Å²) in [5.74, 6) is -0.310. The van der Waals surface area contributed by atoms with Gasteiger partial charge in [0.1, 0.15) is 11.1 Å². The standard InChI is InChI=1S/C26H22N4O5/c31-25(21-6-2-3-7-22(21)30(33)34)27-19-9-11-20(12-10-19)28-13-15-29(16-14-28)26(32)24-17-18-5-1-4-8-23(18)35-24/h1-12,17H,13-16H2,(H,27,31). The molecule has 1 saturated heterocycles. The molecule has 0 atom stereocenters. The number of nitro benzene ring substituents is 1. The van der Waals surface area contributed by atoms with Crippen LogP contribution in [0.5, 0.6) is 0 Å². The Hall–Kier alpha value is -4.66. The fraction of sp³-hybridized carbons (Fsp3) is 0.154. The van der Waals surface area contributed by atoms with Gasteiger partial charge in [0.2, 0.25) is 0 Å². The molecule has 1 aromatic heterocycles. The predicted octanol–water partition coefficient (Wildman–Crippen LogP) is 4.56. The number of furan rings is 1. The summed E-state index contributed by atoms with van der Waals surface area (Å²) in [7, 11) is 0. The number of piperazine rings is 1. The second-order valence-corrected chi connectivity index (χ2v) is 8.20. The van der Waals surface area contributed by atoms with Crippen LogP contribution in [0.1, 0.15) is 20.9 Å². The molecule has 1 N–H and O–H groups in total. The predicted molar refractivity (Wildman–Crippen MR) is 132 cm³/mol. The molecule has 0 radical (unpaired) electrons. The van der Waals surface area contributed by atoms with Crippen LogP contribution in [0, 0.1) is 10.1 Å². The highest BCUT2D eigenvalue weighted by Crippen LogP contribution is 2.24. The topological polar surface area (TPSA) is 109 Å². The van der Waals surface area contributed by atoms with Crippen molar-refractivity contribution in [3.8, 4) is 0 Å². The summed E-state index contributed by atoms with van der Waals surface area (Å²) < 4.78 is 5.72. The fourth-order valence-electron chi connectivity index (χ4n) is 4.19. The van der Waals surface area contributed by atoms with Crippen LogP contribution < -0.4 is 10.2 Å². The van der Waals surface area contributed by atoms with E-state index in [0.717, 1.165) is 11.1 Å². The highest BCUT2D eigenvalue weighted by atomic mass is 16.6. The summed E-state index contributed by atoms with van der Waals surface area (Å²) in [4.78, 5) is 40.0. The number of anilines is 2. The fourth-order valence-corrected chi connectivity index (χ4v) is 4.19. The van der Waals surface area contributed by atoms with Gasteiger partial charge in [-0.3, -0.25) is 19.7 Å². The molecule has 0 bridgehead atoms. The molecular formula is C26H22N4O5. The van der Waals surface area contributed by atoms with Gasteiger partial charge in [-0.05, 0) is 42.5 Å². The Labute approximate surface area is 200 Å². The molecule has 3 aromatic carbocycles. The first-order valence-corrected chi connectivity index (χ1v) is 11.2. The maximum atomic E-state index is 12.9. The lowest BCUT2D eigenvalue weighted by molar-refractivity contribution is -0.385. The molecule has 2 amide bonds. The Morgan fingerprint density at radius 1 is 0.886 bits per heavy atom. The van der Waals surface area contributed by atoms with E-state index in [-0.39, 0.29) is 17.2 Å². The third kappa shape index (κ3) is 4.56. The van der Waals surface area contributed by atoms with E-state index < -0.39 is 10.8 Å². The molecule has 1 fully saturated rings. The number of rotatable bonds is 5. The van der Waals surface area contributed by atoms with Crippen molar-refractivity contribution >= 4 is 39.8 Å². The number of nitrogens with one attached hydrogen (secondary N) is 1. The van der Waals surface area contributed by atoms with Gasteiger partial charge in [0.15, 0.2) is 5.76 Å². The summed E-state index contributed by atoms with van der Waals surface area (Å²) in [6, 6.07) is 22.4. The van der Waals surface area contributed by atoms with Crippen LogP contribution in [0.2, 0.25) is 0 Å². The summed E-state index contributed by atoms with van der Waals surface area (Å²) >= 11 is 0. The van der Waals surface area contributed by atoms with Crippen LogP contribution >= 0.6 is 0 Å². The van der Waals surface area contributed by atoms with Crippen molar-refractivity contribution in [2.45, 2.75) is 0 Å². The van der Waals surface area contributed by atoms with E-state index in [1.54, 1.807) is 29.2 Å². The number of nitro groups is 1. The van der Waals surface area contributed by atoms with Gasteiger partial charge in [-0.2, -0.15) is 0 Å². The molecule has 35 heavy (non-hydrogen) atoms. The van der Waals surface area contributed by atoms with E-state index in [9.17, 15) is 19.7 Å². The van der Waals surface area contributed by atoms with Gasteiger partial charge in [-0.15, -0.1) is 0 Å². The highest BCUT2D eigenvalue weighted by molar-refractivity contribution is 6.07. The molecule has 0 unspecified atom stereocenters. The molecule has 1 aliphatic rings. The lowest BCUT2D eigenvalue weighted by Gasteiger charge is -2.35. The van der Waals surface area contributed by atoms with Crippen molar-refractivity contribution in [3.05, 3.63) is 100 Å². The van der Waals surface area contributed by atoms with Crippen LogP contribution in [0.25, 0.3) is 11.0 Å². The van der Waals surface area contributed by atoms with E-state index in [4.69, 9.17) is 4.42 Å². The van der Waals surface area contributed by atoms with Crippen LogP contribution in [-0.4, -0.2) is 47.8 Å². The van der Waals surface area contributed by atoms with Gasteiger partial charge in [-0.25, -0.2) is 0 Å². The molecule has 0 spiro atoms. The number of nitrogens with zero attached hydrogens (tertiary/aromatic N) is 3. The first kappa shape index (κ1) is 22.1. The number of amides is 2. The number of benzene rings is 3. The molecule has 176 valence electrons. The number of carbonyl (C=O) groups is 2. The van der Waals surface area contributed by atoms with E-state index in [0.29, 0.717) is 43.2 Å². The zero-order valence-corrected chi connectivity index (χ0v) is 18.7. The van der Waals surface area contributed by atoms with Crippen molar-refractivity contribution in [3.63, 3.8) is 0 Å². The largest absolute Gasteiger partial charge is 0.451 e. The molecule has 9 heteroatoms. The first-order chi connectivity index (χ1) is 17.0. The minimum absolute atomic E-state index is 0.00631. The van der Waals surface area contributed by atoms with E-state index in [2.05, 4.69) is 10.2 Å². The molecule has 0 aliphatic carbocycles. The quantitative estimate of drug-likeness (QED) is 0.338. The zero-order valence-electron chi connectivity index (χ0n) is 18.7. The second kappa shape index (κ2) is 9.30. The average Bonchev–Trinajstić information content (AvgIpc) is 3.33. The molecular weight excluding hydrogens is 448 g/mol. The SMILES string of the molecule is O=C(Nc1ccc(N2CCN(C(=O)c3cc4ccccc4o3)CC2)cc1)c1ccccc1[N+](=O)[O-]. The van der Waals surface area contributed by atoms with E-state index in [1.807, 2.05) is 36.4 Å². The number of carbonyl (C=O) groups excluding carboxylic acids is 2. The minimum Gasteiger partial charge on any atom is -0.451 e. The number of hydrogen-bond donors (Lipinski definition) is 1. The normalized spacial score (nSPS) is 13.6. The molecule has 5 rings (SSSR count). The van der Waals surface area contributed by atoms with Crippen molar-refractivity contribution in [1.82, 2.24) is 4.90 Å². The number of para-hydroxylation sites is 2. The third-order valence-electron chi connectivity index (χ3n) is 6.04. The Morgan fingerprint density at radius 3 is 2.29 bits per heavy atom. The second-order valence-electron chi connectivity index (χ2n) is 8.20. The average molecular weight is 470 g/mol. The van der Waals surface area contributed by atoms with Gasteiger partial charge in [-0.1, -0.05) is 30.3 Å². The van der Waals surface area contributed by atoms with Gasteiger partial charge >= 0.3 is 0 Å². The van der Waals surface area contributed by atoms with Crippen molar-refractivity contribution < 1.29 is 18.9 Å². The Bertz CT molecular complexity index is 1370. The smallest absolute Gasteiger partial charge is 0.289 e. The van der Waals surface area contributed by atoms with Crippen LogP contribution in [-0.2, 0) is 0 Å². The maximum Gasteiger partial charge on any atom is 0.289 e. The van der Waals surface area contributed by atoms with E-state index in [1.165, 1.54) is 18.2 Å². The summed E-state index contributed by atoms with van der Waals surface area (Å²) in [6.07, 6.45) is 0. The zero-order chi connectivity index (χ0) is 24.4. The van der Waals surface area contributed by atoms with Crippen LogP contribution in [0.4, 0.5) is 17.1 Å². The Kier molecular flexibility index (Phi) is 5.88. The Balaban J connectivity index is 1.20. The minimum atomic E-state index is -0.573. The Morgan fingerprint density at radius 2 is 1.57 bits per heavy atom. The number of hydrogen-bond acceptors (Lipinski definition) is 6. The lowest BCUT2D eigenvalue weighted by atomic mass is 10.1. The van der Waals surface area contributed by atoms with Crippen molar-refractivity contribution in [2.24, 2.45) is 0 Å². The molecule has 2 heterocycles. The van der Waals surface area contributed by atoms with Crippen LogP contribution in [0.3, 0.4) is 0 Å². The maximum absolute atomic E-state index is 12.9. The number of fused-ring (bicyclic) bond motifs is 1. The molecule has 1 aliphatic heterocycles. The molecule has 0 saturated carbocycles. The van der Waals surface area contributed by atoms with Gasteiger partial charge in [0.05, 0.1) is 4.92 Å². The highest BCUT2D eigenvalue weighted by Gasteiger charge is 2.25. The molecule has 9 nitrogen and oxygen atoms in total. The van der Waals surface area contributed by atoms with Gasteiger partial charge < -0.3 is 19.5 Å². The summed E-state index contributed by atoms with van der Waals surface area (Å²) in [5, 5.41) is 14.8. The van der Waals surface area contributed by atoms with Gasteiger partial charge in [0, 0.05) is 49.0 Å². The van der Waals surface area contributed by atoms with Gasteiger partial charge in [0.25, 0.3) is 17.5 Å². The summed E-state index contributed by atoms with van der Waals surface area (Å²) in [5.41, 5.74) is 1.96. The van der Waals surface area contributed by atoms with Crippen LogP contribution in [0.15, 0.2) is 83.3 Å².